The standard InChI is InChI=1S/C21H18FN5O4/c22-14-8-12(9-27-10-16(23-19(14)27)11-4-6-31-7-5-11)20(28)24-15-3-1-2-13-17(15)25-26-18(13)21(29)30/h1-3,8-11H,4-7H2,(H,24,28)(H,25,26)(H,29,30). The molecule has 0 aliphatic carbocycles. The number of nitrogens with one attached hydrogen (secondary N) is 2. The number of carbonyl (C=O) groups is 2. The van der Waals surface area contributed by atoms with Crippen molar-refractivity contribution in [2.45, 2.75) is 18.8 Å². The molecule has 1 amide bonds. The molecule has 1 fully saturated rings. The van der Waals surface area contributed by atoms with Gasteiger partial charge in [0, 0.05) is 36.9 Å². The number of halogens is 1. The predicted molar refractivity (Wildman–Crippen MR) is 109 cm³/mol. The van der Waals surface area contributed by atoms with Crippen molar-refractivity contribution >= 4 is 34.1 Å². The van der Waals surface area contributed by atoms with E-state index in [9.17, 15) is 19.1 Å². The summed E-state index contributed by atoms with van der Waals surface area (Å²) in [5.41, 5.74) is 1.60. The van der Waals surface area contributed by atoms with Gasteiger partial charge in [0.25, 0.3) is 5.91 Å². The largest absolute Gasteiger partial charge is 0.477 e. The van der Waals surface area contributed by atoms with Gasteiger partial charge in [-0.1, -0.05) is 12.1 Å². The Morgan fingerprint density at radius 1 is 1.26 bits per heavy atom. The lowest BCUT2D eigenvalue weighted by atomic mass is 9.97. The molecule has 1 aliphatic rings. The smallest absolute Gasteiger partial charge is 0.354 e. The maximum absolute atomic E-state index is 14.7. The van der Waals surface area contributed by atoms with E-state index in [1.54, 1.807) is 24.4 Å². The number of nitrogens with zero attached hydrogens (tertiary/aromatic N) is 3. The van der Waals surface area contributed by atoms with Gasteiger partial charge in [0.1, 0.15) is 5.52 Å². The average molecular weight is 423 g/mol. The monoisotopic (exact) mass is 423 g/mol. The number of hydrogen-bond donors (Lipinski definition) is 3. The summed E-state index contributed by atoms with van der Waals surface area (Å²) in [7, 11) is 0. The molecule has 0 unspecified atom stereocenters. The molecule has 1 aromatic carbocycles. The molecule has 3 aromatic heterocycles. The number of imidazole rings is 1. The fourth-order valence-corrected chi connectivity index (χ4v) is 3.89. The highest BCUT2D eigenvalue weighted by Gasteiger charge is 2.21. The molecule has 1 saturated heterocycles. The van der Waals surface area contributed by atoms with Crippen molar-refractivity contribution in [1.82, 2.24) is 19.6 Å². The highest BCUT2D eigenvalue weighted by Crippen LogP contribution is 2.28. The van der Waals surface area contributed by atoms with Crippen LogP contribution in [0.5, 0.6) is 0 Å². The first-order valence-corrected chi connectivity index (χ1v) is 9.79. The van der Waals surface area contributed by atoms with Gasteiger partial charge in [0.2, 0.25) is 0 Å². The zero-order chi connectivity index (χ0) is 21.5. The number of amides is 1. The lowest BCUT2D eigenvalue weighted by Gasteiger charge is -2.19. The third kappa shape index (κ3) is 3.40. The van der Waals surface area contributed by atoms with E-state index in [1.807, 2.05) is 0 Å². The zero-order valence-corrected chi connectivity index (χ0v) is 16.3. The fraction of sp³-hybridized carbons (Fsp3) is 0.238. The highest BCUT2D eigenvalue weighted by atomic mass is 19.1. The number of carboxylic acid groups (broad SMARTS) is 1. The fourth-order valence-electron chi connectivity index (χ4n) is 3.89. The summed E-state index contributed by atoms with van der Waals surface area (Å²) in [5.74, 6) is -2.10. The van der Waals surface area contributed by atoms with Crippen LogP contribution in [0, 0.1) is 5.82 Å². The summed E-state index contributed by atoms with van der Waals surface area (Å²) in [4.78, 5) is 28.5. The molecule has 158 valence electrons. The first-order chi connectivity index (χ1) is 15.0. The summed E-state index contributed by atoms with van der Waals surface area (Å²) < 4.78 is 21.6. The summed E-state index contributed by atoms with van der Waals surface area (Å²) in [5, 5.41) is 18.7. The van der Waals surface area contributed by atoms with E-state index < -0.39 is 17.7 Å². The van der Waals surface area contributed by atoms with E-state index in [2.05, 4.69) is 20.5 Å². The van der Waals surface area contributed by atoms with Crippen molar-refractivity contribution in [2.24, 2.45) is 0 Å². The number of anilines is 1. The first kappa shape index (κ1) is 19.2. The predicted octanol–water partition coefficient (Wildman–Crippen LogP) is 3.19. The third-order valence-electron chi connectivity index (χ3n) is 5.47. The van der Waals surface area contributed by atoms with Gasteiger partial charge in [-0.25, -0.2) is 14.2 Å². The summed E-state index contributed by atoms with van der Waals surface area (Å²) in [6.07, 6.45) is 4.92. The number of aromatic amines is 1. The van der Waals surface area contributed by atoms with Gasteiger partial charge in [0.15, 0.2) is 17.2 Å². The van der Waals surface area contributed by atoms with Gasteiger partial charge in [-0.2, -0.15) is 5.10 Å². The van der Waals surface area contributed by atoms with Crippen LogP contribution in [0.15, 0.2) is 36.7 Å². The van der Waals surface area contributed by atoms with Crippen LogP contribution in [-0.4, -0.2) is 49.8 Å². The Labute approximate surface area is 174 Å². The molecular formula is C21H18FN5O4. The number of carbonyl (C=O) groups excluding carboxylic acids is 1. The Kier molecular flexibility index (Phi) is 4.63. The van der Waals surface area contributed by atoms with Crippen molar-refractivity contribution in [1.29, 1.82) is 0 Å². The van der Waals surface area contributed by atoms with E-state index in [0.717, 1.165) is 24.6 Å². The second-order valence-electron chi connectivity index (χ2n) is 7.42. The van der Waals surface area contributed by atoms with Gasteiger partial charge in [-0.05, 0) is 25.0 Å². The number of hydrogen-bond acceptors (Lipinski definition) is 5. The summed E-state index contributed by atoms with van der Waals surface area (Å²) in [6.45, 7) is 1.30. The van der Waals surface area contributed by atoms with Crippen molar-refractivity contribution < 1.29 is 23.8 Å². The van der Waals surface area contributed by atoms with Crippen LogP contribution in [0.2, 0.25) is 0 Å². The van der Waals surface area contributed by atoms with E-state index in [0.29, 0.717) is 29.8 Å². The second-order valence-corrected chi connectivity index (χ2v) is 7.42. The minimum absolute atomic E-state index is 0.0716. The van der Waals surface area contributed by atoms with Crippen LogP contribution in [0.4, 0.5) is 10.1 Å². The van der Waals surface area contributed by atoms with Gasteiger partial charge in [-0.15, -0.1) is 0 Å². The number of carboxylic acids is 1. The summed E-state index contributed by atoms with van der Waals surface area (Å²) in [6, 6.07) is 5.94. The molecule has 0 atom stereocenters. The number of para-hydroxylation sites is 1. The number of aromatic carboxylic acids is 1. The number of fused-ring (bicyclic) bond motifs is 2. The average Bonchev–Trinajstić information content (AvgIpc) is 3.39. The third-order valence-corrected chi connectivity index (χ3v) is 5.47. The van der Waals surface area contributed by atoms with Crippen molar-refractivity contribution in [3.63, 3.8) is 0 Å². The van der Waals surface area contributed by atoms with E-state index >= 15 is 0 Å². The van der Waals surface area contributed by atoms with Crippen molar-refractivity contribution in [3.8, 4) is 0 Å². The number of H-pyrrole nitrogens is 1. The molecule has 0 saturated carbocycles. The first-order valence-electron chi connectivity index (χ1n) is 9.79. The molecule has 9 nitrogen and oxygen atoms in total. The number of benzene rings is 1. The zero-order valence-electron chi connectivity index (χ0n) is 16.3. The van der Waals surface area contributed by atoms with E-state index in [-0.39, 0.29) is 22.8 Å². The molecule has 5 rings (SSSR count). The molecule has 10 heteroatoms. The van der Waals surface area contributed by atoms with E-state index in [1.165, 1.54) is 10.6 Å². The number of rotatable bonds is 4. The van der Waals surface area contributed by atoms with Gasteiger partial charge in [0.05, 0.1) is 16.9 Å². The van der Waals surface area contributed by atoms with Crippen LogP contribution in [0.25, 0.3) is 16.6 Å². The number of pyridine rings is 1. The Hall–Kier alpha value is -3.79. The molecular weight excluding hydrogens is 405 g/mol. The Morgan fingerprint density at radius 2 is 2.06 bits per heavy atom. The minimum atomic E-state index is -1.15. The quantitative estimate of drug-likeness (QED) is 0.463. The van der Waals surface area contributed by atoms with Gasteiger partial charge >= 0.3 is 5.97 Å². The molecule has 1 aliphatic heterocycles. The van der Waals surface area contributed by atoms with Gasteiger partial charge in [-0.3, -0.25) is 9.89 Å². The van der Waals surface area contributed by atoms with Crippen LogP contribution in [0.3, 0.4) is 0 Å². The molecule has 4 heterocycles. The Bertz CT molecular complexity index is 1320. The van der Waals surface area contributed by atoms with Crippen LogP contribution < -0.4 is 5.32 Å². The summed E-state index contributed by atoms with van der Waals surface area (Å²) >= 11 is 0. The number of aromatic nitrogens is 4. The second kappa shape index (κ2) is 7.47. The SMILES string of the molecule is O=C(Nc1cccc2c(C(=O)O)[nH]nc12)c1cc(F)c2nc(C3CCOCC3)cn2c1. The van der Waals surface area contributed by atoms with Crippen LogP contribution >= 0.6 is 0 Å². The molecule has 0 bridgehead atoms. The number of ether oxygens (including phenoxy) is 1. The van der Waals surface area contributed by atoms with E-state index in [4.69, 9.17) is 4.74 Å². The Balaban J connectivity index is 1.46. The molecule has 4 aromatic rings. The lowest BCUT2D eigenvalue weighted by molar-refractivity contribution is 0.0692. The Morgan fingerprint density at radius 3 is 2.84 bits per heavy atom. The topological polar surface area (TPSA) is 122 Å². The molecule has 0 radical (unpaired) electrons. The highest BCUT2D eigenvalue weighted by molar-refractivity contribution is 6.11. The molecule has 31 heavy (non-hydrogen) atoms. The maximum Gasteiger partial charge on any atom is 0.354 e. The lowest BCUT2D eigenvalue weighted by Crippen LogP contribution is -2.14. The minimum Gasteiger partial charge on any atom is -0.477 e. The van der Waals surface area contributed by atoms with Crippen LogP contribution in [0.1, 0.15) is 45.3 Å². The maximum atomic E-state index is 14.7. The van der Waals surface area contributed by atoms with Crippen molar-refractivity contribution in [3.05, 3.63) is 59.4 Å². The van der Waals surface area contributed by atoms with Crippen molar-refractivity contribution in [2.75, 3.05) is 18.5 Å². The van der Waals surface area contributed by atoms with Gasteiger partial charge < -0.3 is 19.6 Å². The molecule has 3 N–H and O–H groups in total. The van der Waals surface area contributed by atoms with Crippen LogP contribution in [-0.2, 0) is 4.74 Å². The normalized spacial score (nSPS) is 14.9. The molecule has 0 spiro atoms.